The molecule has 0 radical (unpaired) electrons. The summed E-state index contributed by atoms with van der Waals surface area (Å²) >= 11 is 0. The summed E-state index contributed by atoms with van der Waals surface area (Å²) < 4.78 is 0. The van der Waals surface area contributed by atoms with Crippen LogP contribution >= 0.6 is 0 Å². The van der Waals surface area contributed by atoms with Crippen molar-refractivity contribution >= 4 is 34.8 Å². The smallest absolute Gasteiger partial charge is 0.328 e. The molecule has 0 unspecified atom stereocenters. The van der Waals surface area contributed by atoms with Gasteiger partial charge in [-0.05, 0) is 65.6 Å². The summed E-state index contributed by atoms with van der Waals surface area (Å²) in [5.41, 5.74) is 13.0. The van der Waals surface area contributed by atoms with Gasteiger partial charge in [-0.15, -0.1) is 0 Å². The summed E-state index contributed by atoms with van der Waals surface area (Å²) in [6.45, 7) is 2.08. The number of benzene rings is 2. The van der Waals surface area contributed by atoms with E-state index in [0.29, 0.717) is 17.9 Å². The molecule has 8 heteroatoms. The van der Waals surface area contributed by atoms with Gasteiger partial charge in [0.1, 0.15) is 12.1 Å². The van der Waals surface area contributed by atoms with E-state index in [4.69, 9.17) is 11.5 Å². The Hall–Kier alpha value is -4.07. The number of fused-ring (bicyclic) bond motifs is 1. The first kappa shape index (κ1) is 30.5. The Bertz CT molecular complexity index is 1260. The standard InChI is InChI=1S/C32H43N5O3/c1-23(22-38)9-4-2-3-5-10-25(27-15-14-24-11-6-7-12-26(24)19-27)16-17-29(37-30-13-8-18-35-30)28(20-31(39)40)21-36-32(33)34/h6-8,11-15,18-20,22-23,25,29,35,37H,2-5,9-10,16-17,21H2,1H3,(H,39,40)(H4,33,34,36)/b28-20+/t23-,25+,29+/m0/s1. The monoisotopic (exact) mass is 545 g/mol. The Morgan fingerprint density at radius 3 is 2.40 bits per heavy atom. The van der Waals surface area contributed by atoms with Crippen molar-refractivity contribution in [1.29, 1.82) is 0 Å². The van der Waals surface area contributed by atoms with E-state index in [1.54, 1.807) is 0 Å². The molecule has 214 valence electrons. The van der Waals surface area contributed by atoms with Crippen molar-refractivity contribution < 1.29 is 14.7 Å². The number of hydrogen-bond donors (Lipinski definition) is 5. The highest BCUT2D eigenvalue weighted by atomic mass is 16.4. The van der Waals surface area contributed by atoms with Crippen LogP contribution in [0.1, 0.15) is 69.8 Å². The summed E-state index contributed by atoms with van der Waals surface area (Å²) in [6.07, 6.45) is 12.0. The van der Waals surface area contributed by atoms with Crippen molar-refractivity contribution in [2.45, 2.75) is 70.3 Å². The zero-order valence-electron chi connectivity index (χ0n) is 23.4. The van der Waals surface area contributed by atoms with E-state index in [9.17, 15) is 14.7 Å². The molecule has 0 fully saturated rings. The minimum atomic E-state index is -1.03. The van der Waals surface area contributed by atoms with E-state index in [0.717, 1.165) is 57.0 Å². The summed E-state index contributed by atoms with van der Waals surface area (Å²) in [7, 11) is 0. The second kappa shape index (κ2) is 16.1. The molecule has 0 amide bonds. The van der Waals surface area contributed by atoms with Crippen molar-refractivity contribution in [3.63, 3.8) is 0 Å². The van der Waals surface area contributed by atoms with Gasteiger partial charge in [0.05, 0.1) is 12.6 Å². The third kappa shape index (κ3) is 10.2. The number of hydrogen-bond acceptors (Lipinski definition) is 4. The average molecular weight is 546 g/mol. The summed E-state index contributed by atoms with van der Waals surface area (Å²) in [6, 6.07) is 18.6. The van der Waals surface area contributed by atoms with Crippen LogP contribution in [-0.2, 0) is 9.59 Å². The normalized spacial score (nSPS) is 13.9. The van der Waals surface area contributed by atoms with Gasteiger partial charge in [-0.25, -0.2) is 9.79 Å². The zero-order chi connectivity index (χ0) is 28.7. The molecule has 0 aliphatic carbocycles. The first-order valence-corrected chi connectivity index (χ1v) is 14.2. The van der Waals surface area contributed by atoms with Gasteiger partial charge in [0.15, 0.2) is 5.96 Å². The van der Waals surface area contributed by atoms with Crippen LogP contribution < -0.4 is 16.8 Å². The molecule has 0 saturated heterocycles. The van der Waals surface area contributed by atoms with Gasteiger partial charge in [0.2, 0.25) is 0 Å². The lowest BCUT2D eigenvalue weighted by molar-refractivity contribution is -0.131. The quantitative estimate of drug-likeness (QED) is 0.0437. The molecular formula is C32H43N5O3. The summed E-state index contributed by atoms with van der Waals surface area (Å²) in [5.74, 6) is 0.125. The first-order chi connectivity index (χ1) is 19.4. The first-order valence-electron chi connectivity index (χ1n) is 14.2. The highest BCUT2D eigenvalue weighted by Gasteiger charge is 2.20. The van der Waals surface area contributed by atoms with Gasteiger partial charge in [0, 0.05) is 18.2 Å². The fourth-order valence-electron chi connectivity index (χ4n) is 5.14. The van der Waals surface area contributed by atoms with E-state index in [1.807, 2.05) is 25.3 Å². The predicted octanol–water partition coefficient (Wildman–Crippen LogP) is 5.97. The molecule has 0 bridgehead atoms. The number of nitrogens with one attached hydrogen (secondary N) is 2. The van der Waals surface area contributed by atoms with Crippen molar-refractivity contribution in [2.75, 3.05) is 11.9 Å². The van der Waals surface area contributed by atoms with E-state index in [2.05, 4.69) is 57.8 Å². The molecular weight excluding hydrogens is 502 g/mol. The topological polar surface area (TPSA) is 147 Å². The minimum Gasteiger partial charge on any atom is -0.478 e. The number of aldehydes is 1. The molecule has 0 saturated carbocycles. The second-order valence-corrected chi connectivity index (χ2v) is 10.6. The fraction of sp³-hybridized carbons (Fsp3) is 0.406. The maximum absolute atomic E-state index is 11.7. The number of carbonyl (C=O) groups is 2. The van der Waals surface area contributed by atoms with Crippen LogP contribution in [0.5, 0.6) is 0 Å². The minimum absolute atomic E-state index is 0.0773. The Morgan fingerprint density at radius 1 is 0.975 bits per heavy atom. The SMILES string of the molecule is C[C@H](C=O)CCCCCC[C@H](CC[C@@H](Nc1ccc[nH]1)/C(=C/C(=O)O)CN=C(N)N)c1ccc2ccccc2c1. The molecule has 0 aliphatic heterocycles. The van der Waals surface area contributed by atoms with Crippen LogP contribution in [0.3, 0.4) is 0 Å². The van der Waals surface area contributed by atoms with Crippen molar-refractivity contribution in [2.24, 2.45) is 22.4 Å². The van der Waals surface area contributed by atoms with Crippen LogP contribution in [0.4, 0.5) is 5.82 Å². The highest BCUT2D eigenvalue weighted by molar-refractivity contribution is 5.83. The van der Waals surface area contributed by atoms with Gasteiger partial charge in [-0.2, -0.15) is 0 Å². The number of carboxylic acid groups (broad SMARTS) is 1. The van der Waals surface area contributed by atoms with Crippen LogP contribution in [0.15, 0.2) is 77.4 Å². The molecule has 3 rings (SSSR count). The van der Waals surface area contributed by atoms with Gasteiger partial charge in [-0.3, -0.25) is 0 Å². The molecule has 3 atom stereocenters. The molecule has 7 N–H and O–H groups in total. The van der Waals surface area contributed by atoms with E-state index >= 15 is 0 Å². The fourth-order valence-corrected chi connectivity index (χ4v) is 5.14. The third-order valence-corrected chi connectivity index (χ3v) is 7.37. The number of carboxylic acids is 1. The summed E-state index contributed by atoms with van der Waals surface area (Å²) in [4.78, 5) is 29.9. The molecule has 0 spiro atoms. The number of aromatic nitrogens is 1. The molecule has 3 aromatic rings. The van der Waals surface area contributed by atoms with Crippen molar-refractivity contribution in [1.82, 2.24) is 4.98 Å². The number of nitrogens with two attached hydrogens (primary N) is 2. The van der Waals surface area contributed by atoms with Crippen molar-refractivity contribution in [3.8, 4) is 0 Å². The maximum Gasteiger partial charge on any atom is 0.328 e. The lowest BCUT2D eigenvalue weighted by Crippen LogP contribution is -2.28. The second-order valence-electron chi connectivity index (χ2n) is 10.6. The van der Waals surface area contributed by atoms with E-state index in [-0.39, 0.29) is 24.5 Å². The number of nitrogens with zero attached hydrogens (tertiary/aromatic N) is 1. The van der Waals surface area contributed by atoms with Crippen LogP contribution in [0.25, 0.3) is 10.8 Å². The number of H-pyrrole nitrogens is 1. The number of aliphatic carboxylic acids is 1. The van der Waals surface area contributed by atoms with Crippen molar-refractivity contribution in [3.05, 3.63) is 78.0 Å². The van der Waals surface area contributed by atoms with Gasteiger partial charge in [0.25, 0.3) is 0 Å². The van der Waals surface area contributed by atoms with Gasteiger partial charge >= 0.3 is 5.97 Å². The zero-order valence-corrected chi connectivity index (χ0v) is 23.4. The number of rotatable bonds is 18. The van der Waals surface area contributed by atoms with Gasteiger partial charge < -0.3 is 31.7 Å². The molecule has 8 nitrogen and oxygen atoms in total. The summed E-state index contributed by atoms with van der Waals surface area (Å²) in [5, 5.41) is 15.5. The van der Waals surface area contributed by atoms with Crippen LogP contribution in [0.2, 0.25) is 0 Å². The molecule has 1 aromatic heterocycles. The number of unbranched alkanes of at least 4 members (excludes halogenated alkanes) is 3. The molecule has 40 heavy (non-hydrogen) atoms. The maximum atomic E-state index is 11.7. The number of aliphatic imine (C=N–C) groups is 1. The number of aromatic amines is 1. The van der Waals surface area contributed by atoms with E-state index in [1.165, 1.54) is 22.4 Å². The predicted molar refractivity (Wildman–Crippen MR) is 163 cm³/mol. The molecule has 2 aromatic carbocycles. The Kier molecular flexibility index (Phi) is 12.3. The number of anilines is 1. The Balaban J connectivity index is 1.79. The number of carbonyl (C=O) groups excluding carboxylic acids is 1. The lowest BCUT2D eigenvalue weighted by atomic mass is 9.85. The number of guanidine groups is 1. The van der Waals surface area contributed by atoms with Gasteiger partial charge in [-0.1, -0.05) is 75.1 Å². The largest absolute Gasteiger partial charge is 0.478 e. The Morgan fingerprint density at radius 2 is 1.73 bits per heavy atom. The Labute approximate surface area is 237 Å². The highest BCUT2D eigenvalue weighted by Crippen LogP contribution is 2.32. The van der Waals surface area contributed by atoms with Crippen LogP contribution in [0, 0.1) is 5.92 Å². The molecule has 0 aliphatic rings. The van der Waals surface area contributed by atoms with E-state index < -0.39 is 5.97 Å². The third-order valence-electron chi connectivity index (χ3n) is 7.37. The average Bonchev–Trinajstić information content (AvgIpc) is 3.46. The van der Waals surface area contributed by atoms with Crippen LogP contribution in [-0.4, -0.2) is 40.9 Å². The lowest BCUT2D eigenvalue weighted by Gasteiger charge is -2.25. The molecule has 1 heterocycles.